The molecule has 2 aromatic carbocycles. The van der Waals surface area contributed by atoms with Gasteiger partial charge < -0.3 is 25.4 Å². The van der Waals surface area contributed by atoms with Crippen molar-refractivity contribution >= 4 is 11.8 Å². The van der Waals surface area contributed by atoms with Crippen molar-refractivity contribution in [2.75, 3.05) is 45.0 Å². The van der Waals surface area contributed by atoms with Crippen LogP contribution in [0.1, 0.15) is 32.0 Å². The van der Waals surface area contributed by atoms with E-state index in [9.17, 15) is 23.2 Å². The molecule has 39 heavy (non-hydrogen) atoms. The third kappa shape index (κ3) is 6.24. The molecule has 0 fully saturated rings. The first-order valence-electron chi connectivity index (χ1n) is 12.3. The van der Waals surface area contributed by atoms with E-state index >= 15 is 0 Å². The Labute approximate surface area is 223 Å². The maximum atomic E-state index is 14.1. The number of nitrogens with one attached hydrogen (secondary N) is 1. The van der Waals surface area contributed by atoms with Gasteiger partial charge in [0.15, 0.2) is 11.4 Å². The smallest absolute Gasteiger partial charge is 0.277 e. The largest absolute Gasteiger partial charge is 0.482 e. The molecule has 2 amide bonds. The molecule has 10 nitrogen and oxygen atoms in total. The van der Waals surface area contributed by atoms with Crippen LogP contribution in [0, 0.1) is 11.6 Å². The van der Waals surface area contributed by atoms with Crippen LogP contribution in [0.5, 0.6) is 5.75 Å². The predicted octanol–water partition coefficient (Wildman–Crippen LogP) is 1.59. The molecule has 4 rings (SSSR count). The fourth-order valence-electron chi connectivity index (χ4n) is 4.14. The lowest BCUT2D eigenvalue weighted by Gasteiger charge is -2.40. The number of hydrogen-bond acceptors (Lipinski definition) is 7. The summed E-state index contributed by atoms with van der Waals surface area (Å²) >= 11 is 0. The van der Waals surface area contributed by atoms with Crippen molar-refractivity contribution in [3.05, 3.63) is 99.0 Å². The van der Waals surface area contributed by atoms with Crippen molar-refractivity contribution in [2.45, 2.75) is 13.2 Å². The minimum absolute atomic E-state index is 0.0306. The average Bonchev–Trinajstić information content (AvgIpc) is 2.93. The molecule has 0 unspecified atom stereocenters. The highest BCUT2D eigenvalue weighted by atomic mass is 19.1. The molecule has 0 saturated heterocycles. The van der Waals surface area contributed by atoms with Gasteiger partial charge in [-0.1, -0.05) is 36.4 Å². The standard InChI is InChI=1S/C27H29F2N5O5/c1-38-12-11-32-17-33(10-9-30)34-15-21(26(36)31-14-19-7-8-20(28)13-22(19)29)24(35)25(23(34)27(32)37)39-16-18-5-3-2-4-6-18/h2-8,13,15H,9-12,14,16-17,30H2,1H3,(H,31,36). The van der Waals surface area contributed by atoms with Crippen molar-refractivity contribution in [1.29, 1.82) is 0 Å². The predicted molar refractivity (Wildman–Crippen MR) is 139 cm³/mol. The third-order valence-corrected chi connectivity index (χ3v) is 6.15. The Morgan fingerprint density at radius 3 is 2.56 bits per heavy atom. The van der Waals surface area contributed by atoms with Gasteiger partial charge in [0, 0.05) is 51.1 Å². The number of benzene rings is 2. The fraction of sp³-hybridized carbons (Fsp3) is 0.296. The molecule has 1 aliphatic heterocycles. The van der Waals surface area contributed by atoms with Gasteiger partial charge in [-0.3, -0.25) is 24.1 Å². The van der Waals surface area contributed by atoms with Crippen LogP contribution in [0.3, 0.4) is 0 Å². The van der Waals surface area contributed by atoms with Crippen LogP contribution in [-0.4, -0.2) is 61.4 Å². The second kappa shape index (κ2) is 12.5. The number of methoxy groups -OCH3 is 1. The van der Waals surface area contributed by atoms with Crippen molar-refractivity contribution in [3.63, 3.8) is 0 Å². The van der Waals surface area contributed by atoms with Gasteiger partial charge in [0.25, 0.3) is 11.8 Å². The lowest BCUT2D eigenvalue weighted by molar-refractivity contribution is 0.0619. The van der Waals surface area contributed by atoms with E-state index in [4.69, 9.17) is 15.2 Å². The van der Waals surface area contributed by atoms with Crippen LogP contribution in [0.4, 0.5) is 8.78 Å². The molecule has 0 bridgehead atoms. The number of ether oxygens (including phenoxy) is 2. The fourth-order valence-corrected chi connectivity index (χ4v) is 4.14. The van der Waals surface area contributed by atoms with Crippen molar-refractivity contribution in [1.82, 2.24) is 14.9 Å². The van der Waals surface area contributed by atoms with Crippen LogP contribution in [0.25, 0.3) is 0 Å². The van der Waals surface area contributed by atoms with Gasteiger partial charge in [0.2, 0.25) is 5.43 Å². The molecule has 1 aliphatic rings. The Bertz CT molecular complexity index is 1400. The summed E-state index contributed by atoms with van der Waals surface area (Å²) in [6, 6.07) is 12.0. The molecular weight excluding hydrogens is 512 g/mol. The van der Waals surface area contributed by atoms with Crippen LogP contribution < -0.4 is 26.2 Å². The second-order valence-electron chi connectivity index (χ2n) is 8.81. The highest BCUT2D eigenvalue weighted by molar-refractivity contribution is 5.99. The van der Waals surface area contributed by atoms with E-state index < -0.39 is 28.9 Å². The summed E-state index contributed by atoms with van der Waals surface area (Å²) in [6.45, 7) is 0.867. The SMILES string of the molecule is COCCN1CN(CCN)n2cc(C(=O)NCc3ccc(F)cc3F)c(=O)c(OCc3ccccc3)c2C1=O. The van der Waals surface area contributed by atoms with Gasteiger partial charge >= 0.3 is 0 Å². The molecule has 3 N–H and O–H groups in total. The summed E-state index contributed by atoms with van der Waals surface area (Å²) < 4.78 is 39.8. The maximum absolute atomic E-state index is 14.1. The molecule has 0 radical (unpaired) electrons. The first-order valence-corrected chi connectivity index (χ1v) is 12.3. The quantitative estimate of drug-likeness (QED) is 0.379. The molecule has 0 saturated carbocycles. The monoisotopic (exact) mass is 541 g/mol. The number of rotatable bonds is 11. The first-order chi connectivity index (χ1) is 18.8. The van der Waals surface area contributed by atoms with E-state index in [1.54, 1.807) is 29.3 Å². The molecule has 3 aromatic rings. The average molecular weight is 542 g/mol. The maximum Gasteiger partial charge on any atom is 0.277 e. The van der Waals surface area contributed by atoms with Gasteiger partial charge in [0.05, 0.1) is 6.61 Å². The van der Waals surface area contributed by atoms with Crippen molar-refractivity contribution in [3.8, 4) is 5.75 Å². The molecule has 2 heterocycles. The summed E-state index contributed by atoms with van der Waals surface area (Å²) in [6.07, 6.45) is 1.25. The van der Waals surface area contributed by atoms with E-state index in [1.165, 1.54) is 28.9 Å². The van der Waals surface area contributed by atoms with Crippen LogP contribution in [-0.2, 0) is 17.9 Å². The summed E-state index contributed by atoms with van der Waals surface area (Å²) in [5.41, 5.74) is 5.44. The van der Waals surface area contributed by atoms with E-state index in [-0.39, 0.29) is 62.1 Å². The Morgan fingerprint density at radius 2 is 1.87 bits per heavy atom. The summed E-state index contributed by atoms with van der Waals surface area (Å²) in [7, 11) is 1.52. The number of amides is 2. The normalized spacial score (nSPS) is 12.9. The zero-order valence-electron chi connectivity index (χ0n) is 21.4. The highest BCUT2D eigenvalue weighted by Gasteiger charge is 2.35. The molecule has 1 aromatic heterocycles. The number of aromatic nitrogens is 1. The number of carbonyl (C=O) groups excluding carboxylic acids is 2. The molecule has 0 spiro atoms. The zero-order chi connectivity index (χ0) is 27.9. The molecule has 12 heteroatoms. The van der Waals surface area contributed by atoms with E-state index in [2.05, 4.69) is 5.32 Å². The minimum Gasteiger partial charge on any atom is -0.482 e. The summed E-state index contributed by atoms with van der Waals surface area (Å²) in [4.78, 5) is 41.8. The molecule has 206 valence electrons. The summed E-state index contributed by atoms with van der Waals surface area (Å²) in [5, 5.41) is 4.20. The number of nitrogens with zero attached hydrogens (tertiary/aromatic N) is 3. The van der Waals surface area contributed by atoms with E-state index in [1.807, 2.05) is 6.07 Å². The number of carbonyl (C=O) groups is 2. The molecule has 0 aliphatic carbocycles. The summed E-state index contributed by atoms with van der Waals surface area (Å²) in [5.74, 6) is -3.17. The van der Waals surface area contributed by atoms with Gasteiger partial charge in [-0.05, 0) is 11.6 Å². The third-order valence-electron chi connectivity index (χ3n) is 6.15. The number of fused-ring (bicyclic) bond motifs is 1. The zero-order valence-corrected chi connectivity index (χ0v) is 21.4. The minimum atomic E-state index is -0.833. The van der Waals surface area contributed by atoms with Gasteiger partial charge in [-0.25, -0.2) is 8.78 Å². The van der Waals surface area contributed by atoms with Crippen LogP contribution >= 0.6 is 0 Å². The Kier molecular flexibility index (Phi) is 8.89. The van der Waals surface area contributed by atoms with E-state index in [0.717, 1.165) is 11.6 Å². The van der Waals surface area contributed by atoms with Gasteiger partial charge in [0.1, 0.15) is 30.5 Å². The highest BCUT2D eigenvalue weighted by Crippen LogP contribution is 2.23. The Hall–Kier alpha value is -4.29. The second-order valence-corrected chi connectivity index (χ2v) is 8.81. The van der Waals surface area contributed by atoms with E-state index in [0.29, 0.717) is 12.6 Å². The Balaban J connectivity index is 1.74. The lowest BCUT2D eigenvalue weighted by atomic mass is 10.1. The van der Waals surface area contributed by atoms with Crippen LogP contribution in [0.2, 0.25) is 0 Å². The number of pyridine rings is 1. The van der Waals surface area contributed by atoms with Gasteiger partial charge in [-0.15, -0.1) is 0 Å². The lowest BCUT2D eigenvalue weighted by Crippen LogP contribution is -2.56. The molecule has 0 atom stereocenters. The number of hydrogen-bond donors (Lipinski definition) is 2. The topological polar surface area (TPSA) is 119 Å². The molecular formula is C27H29F2N5O5. The van der Waals surface area contributed by atoms with Crippen molar-refractivity contribution < 1.29 is 27.8 Å². The van der Waals surface area contributed by atoms with Crippen molar-refractivity contribution in [2.24, 2.45) is 5.73 Å². The number of nitrogens with two attached hydrogens (primary N) is 1. The number of halogens is 2. The van der Waals surface area contributed by atoms with Gasteiger partial charge in [-0.2, -0.15) is 0 Å². The van der Waals surface area contributed by atoms with Crippen LogP contribution in [0.15, 0.2) is 59.5 Å². The Morgan fingerprint density at radius 1 is 1.10 bits per heavy atom. The first kappa shape index (κ1) is 27.7.